The Morgan fingerprint density at radius 2 is 1.94 bits per heavy atom. The summed E-state index contributed by atoms with van der Waals surface area (Å²) in [7, 11) is 2.55. The molecule has 0 saturated heterocycles. The highest BCUT2D eigenvalue weighted by Crippen LogP contribution is 2.37. The van der Waals surface area contributed by atoms with Gasteiger partial charge in [0.15, 0.2) is 0 Å². The van der Waals surface area contributed by atoms with Gasteiger partial charge in [0, 0.05) is 38.9 Å². The highest BCUT2D eigenvalue weighted by atomic mass is 28.3. The molecule has 0 N–H and O–H groups in total. The molecule has 4 rings (SSSR count). The zero-order valence-electron chi connectivity index (χ0n) is 22.1. The molecule has 1 aromatic carbocycles. The molecule has 7 nitrogen and oxygen atoms in total. The van der Waals surface area contributed by atoms with Crippen LogP contribution in [0.2, 0.25) is 25.7 Å². The van der Waals surface area contributed by atoms with Gasteiger partial charge in [-0.1, -0.05) is 25.7 Å². The second-order valence-corrected chi connectivity index (χ2v) is 16.5. The number of benzene rings is 1. The van der Waals surface area contributed by atoms with Crippen LogP contribution in [0.1, 0.15) is 30.4 Å². The van der Waals surface area contributed by atoms with Crippen molar-refractivity contribution in [1.82, 2.24) is 14.5 Å². The number of pyridine rings is 1. The molecule has 0 radical (unpaired) electrons. The van der Waals surface area contributed by atoms with Crippen LogP contribution in [0.15, 0.2) is 29.3 Å². The molecule has 1 aliphatic carbocycles. The summed E-state index contributed by atoms with van der Waals surface area (Å²) in [6, 6.07) is 7.41. The largest absolute Gasteiger partial charge is 0.496 e. The minimum Gasteiger partial charge on any atom is -0.496 e. The Kier molecular flexibility index (Phi) is 7.33. The maximum absolute atomic E-state index is 13.6. The van der Waals surface area contributed by atoms with Crippen molar-refractivity contribution < 1.29 is 9.47 Å². The summed E-state index contributed by atoms with van der Waals surface area (Å²) in [6.07, 6.45) is 5.10. The molecule has 1 aliphatic rings. The lowest BCUT2D eigenvalue weighted by Crippen LogP contribution is -2.37. The Morgan fingerprint density at radius 1 is 1.20 bits per heavy atom. The molecular formula is C27H38N4O3Si. The molecule has 0 unspecified atom stereocenters. The van der Waals surface area contributed by atoms with Crippen molar-refractivity contribution in [3.05, 3.63) is 46.0 Å². The zero-order valence-corrected chi connectivity index (χ0v) is 23.1. The van der Waals surface area contributed by atoms with Crippen LogP contribution < -0.4 is 15.2 Å². The number of fused-ring (bicyclic) bond motifs is 1. The highest BCUT2D eigenvalue weighted by molar-refractivity contribution is 6.76. The number of aromatic nitrogens is 3. The molecule has 1 saturated carbocycles. The second-order valence-electron chi connectivity index (χ2n) is 10.9. The van der Waals surface area contributed by atoms with E-state index in [1.165, 1.54) is 6.42 Å². The quantitative estimate of drug-likeness (QED) is 0.294. The standard InChI is InChI=1S/C27H38N4O3Si/c1-18-11-12-22(33-4)19(2)24(18)26-25-21(15-23(29-26)30(3)20-9-8-10-20)27(32)31(16-28-25)17-34-13-14-35(5,6)7/h11-12,15-16,20H,8-10,13-14,17H2,1-7H3. The summed E-state index contributed by atoms with van der Waals surface area (Å²) < 4.78 is 13.0. The third kappa shape index (κ3) is 5.28. The lowest BCUT2D eigenvalue weighted by Gasteiger charge is -2.35. The van der Waals surface area contributed by atoms with E-state index in [-0.39, 0.29) is 12.3 Å². The molecule has 2 heterocycles. The Morgan fingerprint density at radius 3 is 2.57 bits per heavy atom. The van der Waals surface area contributed by atoms with Gasteiger partial charge in [0.1, 0.15) is 30.1 Å². The Hall–Kier alpha value is -2.71. The van der Waals surface area contributed by atoms with Gasteiger partial charge in [-0.3, -0.25) is 9.36 Å². The summed E-state index contributed by atoms with van der Waals surface area (Å²) in [4.78, 5) is 25.6. The van der Waals surface area contributed by atoms with Crippen LogP contribution in [0.4, 0.5) is 5.82 Å². The second kappa shape index (κ2) is 10.1. The van der Waals surface area contributed by atoms with Crippen molar-refractivity contribution in [1.29, 1.82) is 0 Å². The van der Waals surface area contributed by atoms with Crippen molar-refractivity contribution in [2.24, 2.45) is 0 Å². The van der Waals surface area contributed by atoms with Crippen LogP contribution in [0.25, 0.3) is 22.2 Å². The van der Waals surface area contributed by atoms with E-state index in [4.69, 9.17) is 19.4 Å². The van der Waals surface area contributed by atoms with E-state index in [9.17, 15) is 4.79 Å². The molecule has 0 bridgehead atoms. The monoisotopic (exact) mass is 494 g/mol. The first-order chi connectivity index (χ1) is 16.6. The maximum atomic E-state index is 13.6. The van der Waals surface area contributed by atoms with E-state index in [0.717, 1.165) is 52.8 Å². The van der Waals surface area contributed by atoms with Gasteiger partial charge in [-0.2, -0.15) is 0 Å². The number of hydrogen-bond acceptors (Lipinski definition) is 6. The third-order valence-corrected chi connectivity index (χ3v) is 8.79. The van der Waals surface area contributed by atoms with Crippen molar-refractivity contribution in [3.8, 4) is 17.0 Å². The highest BCUT2D eigenvalue weighted by Gasteiger charge is 2.26. The Labute approximate surface area is 209 Å². The number of nitrogens with zero attached hydrogens (tertiary/aromatic N) is 4. The van der Waals surface area contributed by atoms with Crippen molar-refractivity contribution in [2.75, 3.05) is 25.7 Å². The lowest BCUT2D eigenvalue weighted by molar-refractivity contribution is 0.0844. The van der Waals surface area contributed by atoms with Crippen LogP contribution in [-0.2, 0) is 11.5 Å². The van der Waals surface area contributed by atoms with E-state index in [1.807, 2.05) is 25.1 Å². The third-order valence-electron chi connectivity index (χ3n) is 7.09. The van der Waals surface area contributed by atoms with Gasteiger partial charge in [-0.25, -0.2) is 9.97 Å². The van der Waals surface area contributed by atoms with Crippen LogP contribution in [0.5, 0.6) is 5.75 Å². The fourth-order valence-electron chi connectivity index (χ4n) is 4.52. The fraction of sp³-hybridized carbons (Fsp3) is 0.519. The normalized spacial score (nSPS) is 14.3. The lowest BCUT2D eigenvalue weighted by atomic mass is 9.91. The molecule has 0 amide bonds. The van der Waals surface area contributed by atoms with E-state index in [1.54, 1.807) is 18.0 Å². The average Bonchev–Trinajstić information content (AvgIpc) is 2.76. The van der Waals surface area contributed by atoms with Gasteiger partial charge < -0.3 is 14.4 Å². The van der Waals surface area contributed by atoms with E-state index >= 15 is 0 Å². The van der Waals surface area contributed by atoms with Gasteiger partial charge in [0.2, 0.25) is 0 Å². The van der Waals surface area contributed by atoms with Crippen LogP contribution in [0.3, 0.4) is 0 Å². The van der Waals surface area contributed by atoms with E-state index in [2.05, 4.69) is 38.5 Å². The fourth-order valence-corrected chi connectivity index (χ4v) is 5.27. The first-order valence-corrected chi connectivity index (χ1v) is 16.2. The van der Waals surface area contributed by atoms with Crippen molar-refractivity contribution in [3.63, 3.8) is 0 Å². The summed E-state index contributed by atoms with van der Waals surface area (Å²) >= 11 is 0. The molecule has 2 aromatic heterocycles. The molecule has 1 fully saturated rings. The minimum absolute atomic E-state index is 0.104. The predicted molar refractivity (Wildman–Crippen MR) is 145 cm³/mol. The molecule has 3 aromatic rings. The van der Waals surface area contributed by atoms with Gasteiger partial charge >= 0.3 is 0 Å². The average molecular weight is 495 g/mol. The first-order valence-electron chi connectivity index (χ1n) is 12.5. The number of aryl methyl sites for hydroxylation is 1. The Balaban J connectivity index is 1.83. The number of anilines is 1. The topological polar surface area (TPSA) is 69.5 Å². The smallest absolute Gasteiger partial charge is 0.263 e. The molecule has 8 heteroatoms. The summed E-state index contributed by atoms with van der Waals surface area (Å²) in [6.45, 7) is 11.9. The minimum atomic E-state index is -1.20. The Bertz CT molecular complexity index is 1280. The molecule has 0 atom stereocenters. The van der Waals surface area contributed by atoms with Crippen LogP contribution in [0, 0.1) is 13.8 Å². The first kappa shape index (κ1) is 25.4. The van der Waals surface area contributed by atoms with Gasteiger partial charge in [0.05, 0.1) is 18.2 Å². The number of ether oxygens (including phenoxy) is 2. The maximum Gasteiger partial charge on any atom is 0.263 e. The van der Waals surface area contributed by atoms with Gasteiger partial charge in [0.25, 0.3) is 5.56 Å². The molecular weight excluding hydrogens is 456 g/mol. The summed E-state index contributed by atoms with van der Waals surface area (Å²) in [5, 5.41) is 0.564. The van der Waals surface area contributed by atoms with E-state index < -0.39 is 8.07 Å². The summed E-state index contributed by atoms with van der Waals surface area (Å²) in [5.41, 5.74) is 4.26. The molecule has 0 spiro atoms. The predicted octanol–water partition coefficient (Wildman–Crippen LogP) is 5.38. The number of methoxy groups -OCH3 is 1. The van der Waals surface area contributed by atoms with Crippen molar-refractivity contribution in [2.45, 2.75) is 71.6 Å². The molecule has 0 aliphatic heterocycles. The van der Waals surface area contributed by atoms with Crippen molar-refractivity contribution >= 4 is 24.8 Å². The van der Waals surface area contributed by atoms with Crippen LogP contribution in [-0.4, -0.2) is 49.4 Å². The SMILES string of the molecule is COc1ccc(C)c(-c2nc(N(C)C3CCC3)cc3c(=O)n(COCC[Si](C)(C)C)cnc23)c1C. The molecule has 35 heavy (non-hydrogen) atoms. The number of rotatable bonds is 9. The van der Waals surface area contributed by atoms with Crippen LogP contribution >= 0.6 is 0 Å². The summed E-state index contributed by atoms with van der Waals surface area (Å²) in [5.74, 6) is 1.59. The number of hydrogen-bond donors (Lipinski definition) is 0. The van der Waals surface area contributed by atoms with E-state index in [0.29, 0.717) is 23.6 Å². The zero-order chi connectivity index (χ0) is 25.3. The molecule has 188 valence electrons. The van der Waals surface area contributed by atoms with Gasteiger partial charge in [-0.15, -0.1) is 0 Å². The van der Waals surface area contributed by atoms with Gasteiger partial charge in [-0.05, 0) is 56.9 Å².